The van der Waals surface area contributed by atoms with E-state index in [0.717, 1.165) is 17.0 Å². The number of amides is 3. The Morgan fingerprint density at radius 3 is 2.23 bits per heavy atom. The fourth-order valence-electron chi connectivity index (χ4n) is 3.04. The first-order valence-corrected chi connectivity index (χ1v) is 9.59. The van der Waals surface area contributed by atoms with E-state index in [1.807, 2.05) is 6.07 Å². The van der Waals surface area contributed by atoms with E-state index in [4.69, 9.17) is 11.6 Å². The normalized spacial score (nSPS) is 13.5. The Hall–Kier alpha value is -3.97. The number of carbonyl (C=O) groups excluding carboxylic acids is 3. The molecule has 0 spiro atoms. The minimum Gasteiger partial charge on any atom is -0.350 e. The highest BCUT2D eigenvalue weighted by Gasteiger charge is 2.39. The summed E-state index contributed by atoms with van der Waals surface area (Å²) in [5.41, 5.74) is 1.45. The zero-order chi connectivity index (χ0) is 22.0. The highest BCUT2D eigenvalue weighted by atomic mass is 35.5. The van der Waals surface area contributed by atoms with Crippen LogP contribution in [0.3, 0.4) is 0 Å². The van der Waals surface area contributed by atoms with Crippen molar-refractivity contribution in [3.8, 4) is 0 Å². The smallest absolute Gasteiger partial charge is 0.283 e. The Kier molecular flexibility index (Phi) is 5.51. The lowest BCUT2D eigenvalue weighted by atomic mass is 10.1. The van der Waals surface area contributed by atoms with E-state index < -0.39 is 17.6 Å². The van der Waals surface area contributed by atoms with Crippen LogP contribution in [0.1, 0.15) is 10.4 Å². The monoisotopic (exact) mass is 435 g/mol. The van der Waals surface area contributed by atoms with Gasteiger partial charge in [-0.25, -0.2) is 9.29 Å². The Bertz CT molecular complexity index is 1210. The number of hydrogen-bond donors (Lipinski definition) is 2. The van der Waals surface area contributed by atoms with E-state index in [-0.39, 0.29) is 22.3 Å². The SMILES string of the molecule is O=C(Nc1ccccc1)c1cccc(NC2=C(Cl)C(=O)N(c3ccc(F)cc3)C2=O)c1. The number of halogens is 2. The van der Waals surface area contributed by atoms with Crippen LogP contribution in [0.5, 0.6) is 0 Å². The Morgan fingerprint density at radius 1 is 0.839 bits per heavy atom. The predicted octanol–water partition coefficient (Wildman–Crippen LogP) is 4.51. The van der Waals surface area contributed by atoms with Gasteiger partial charge in [-0.2, -0.15) is 0 Å². The van der Waals surface area contributed by atoms with Gasteiger partial charge in [-0.05, 0) is 54.6 Å². The van der Waals surface area contributed by atoms with E-state index in [9.17, 15) is 18.8 Å². The molecule has 154 valence electrons. The summed E-state index contributed by atoms with van der Waals surface area (Å²) in [6, 6.07) is 20.3. The van der Waals surface area contributed by atoms with Gasteiger partial charge in [-0.15, -0.1) is 0 Å². The number of nitrogens with zero attached hydrogens (tertiary/aromatic N) is 1. The van der Waals surface area contributed by atoms with Crippen molar-refractivity contribution in [2.75, 3.05) is 15.5 Å². The molecule has 31 heavy (non-hydrogen) atoms. The molecule has 3 aromatic carbocycles. The van der Waals surface area contributed by atoms with Crippen molar-refractivity contribution in [2.45, 2.75) is 0 Å². The van der Waals surface area contributed by atoms with Gasteiger partial charge in [0.1, 0.15) is 16.5 Å². The Morgan fingerprint density at radius 2 is 1.52 bits per heavy atom. The van der Waals surface area contributed by atoms with Gasteiger partial charge >= 0.3 is 0 Å². The Labute approximate surface area is 181 Å². The maximum absolute atomic E-state index is 13.2. The molecule has 6 nitrogen and oxygen atoms in total. The van der Waals surface area contributed by atoms with Crippen LogP contribution in [0.2, 0.25) is 0 Å². The molecule has 3 aromatic rings. The van der Waals surface area contributed by atoms with E-state index >= 15 is 0 Å². The van der Waals surface area contributed by atoms with Crippen LogP contribution in [-0.4, -0.2) is 17.7 Å². The molecule has 1 aliphatic rings. The summed E-state index contributed by atoms with van der Waals surface area (Å²) < 4.78 is 13.2. The van der Waals surface area contributed by atoms with Crippen LogP contribution in [0.15, 0.2) is 89.6 Å². The van der Waals surface area contributed by atoms with Crippen molar-refractivity contribution < 1.29 is 18.8 Å². The standard InChI is InChI=1S/C23H15ClFN3O3/c24-19-20(23(31)28(22(19)30)18-11-9-15(25)10-12-18)26-17-8-4-5-14(13-17)21(29)27-16-6-2-1-3-7-16/h1-13,26H,(H,27,29). The minimum atomic E-state index is -0.723. The van der Waals surface area contributed by atoms with Gasteiger partial charge < -0.3 is 10.6 Å². The van der Waals surface area contributed by atoms with E-state index in [1.54, 1.807) is 42.5 Å². The summed E-state index contributed by atoms with van der Waals surface area (Å²) >= 11 is 6.11. The Balaban J connectivity index is 1.54. The molecule has 0 saturated heterocycles. The van der Waals surface area contributed by atoms with Crippen LogP contribution >= 0.6 is 11.6 Å². The second kappa shape index (κ2) is 8.41. The number of anilines is 3. The first-order chi connectivity index (χ1) is 14.9. The fraction of sp³-hybridized carbons (Fsp3) is 0. The number of rotatable bonds is 5. The molecule has 1 heterocycles. The van der Waals surface area contributed by atoms with Crippen molar-refractivity contribution in [3.63, 3.8) is 0 Å². The number of para-hydroxylation sites is 1. The third-order valence-electron chi connectivity index (χ3n) is 4.54. The van der Waals surface area contributed by atoms with Gasteiger partial charge in [-0.3, -0.25) is 14.4 Å². The summed E-state index contributed by atoms with van der Waals surface area (Å²) in [7, 11) is 0. The van der Waals surface area contributed by atoms with Crippen LogP contribution in [0.25, 0.3) is 0 Å². The van der Waals surface area contributed by atoms with Crippen LogP contribution in [-0.2, 0) is 9.59 Å². The molecule has 0 bridgehead atoms. The second-order valence-corrected chi connectivity index (χ2v) is 7.02. The highest BCUT2D eigenvalue weighted by Crippen LogP contribution is 2.30. The minimum absolute atomic E-state index is 0.128. The van der Waals surface area contributed by atoms with Crippen LogP contribution in [0, 0.1) is 5.82 Å². The number of benzene rings is 3. The number of hydrogen-bond acceptors (Lipinski definition) is 4. The van der Waals surface area contributed by atoms with Gasteiger partial charge in [0.25, 0.3) is 17.7 Å². The van der Waals surface area contributed by atoms with Crippen LogP contribution < -0.4 is 15.5 Å². The van der Waals surface area contributed by atoms with E-state index in [1.165, 1.54) is 18.2 Å². The lowest BCUT2D eigenvalue weighted by molar-refractivity contribution is -0.120. The molecule has 0 aliphatic carbocycles. The number of nitrogens with one attached hydrogen (secondary N) is 2. The molecule has 2 N–H and O–H groups in total. The molecule has 1 aliphatic heterocycles. The summed E-state index contributed by atoms with van der Waals surface area (Å²) in [6.07, 6.45) is 0. The maximum atomic E-state index is 13.2. The van der Waals surface area contributed by atoms with Gasteiger partial charge in [0, 0.05) is 16.9 Å². The summed E-state index contributed by atoms with van der Waals surface area (Å²) in [5, 5.41) is 5.30. The molecule has 4 rings (SSSR count). The van der Waals surface area contributed by atoms with Gasteiger partial charge in [0.15, 0.2) is 0 Å². The molecule has 8 heteroatoms. The third kappa shape index (κ3) is 4.17. The van der Waals surface area contributed by atoms with Gasteiger partial charge in [-0.1, -0.05) is 35.9 Å². The van der Waals surface area contributed by atoms with Crippen molar-refractivity contribution in [2.24, 2.45) is 0 Å². The molecule has 3 amide bonds. The van der Waals surface area contributed by atoms with Crippen molar-refractivity contribution >= 4 is 46.4 Å². The average molecular weight is 436 g/mol. The largest absolute Gasteiger partial charge is 0.350 e. The molecule has 0 saturated carbocycles. The van der Waals surface area contributed by atoms with Crippen molar-refractivity contribution in [1.82, 2.24) is 0 Å². The average Bonchev–Trinajstić information content (AvgIpc) is 2.98. The summed E-state index contributed by atoms with van der Waals surface area (Å²) in [4.78, 5) is 38.7. The molecular weight excluding hydrogens is 421 g/mol. The van der Waals surface area contributed by atoms with Crippen molar-refractivity contribution in [3.05, 3.63) is 101 Å². The first kappa shape index (κ1) is 20.3. The molecule has 0 unspecified atom stereocenters. The summed E-state index contributed by atoms with van der Waals surface area (Å²) in [6.45, 7) is 0. The quantitative estimate of drug-likeness (QED) is 0.578. The molecule has 0 fully saturated rings. The maximum Gasteiger partial charge on any atom is 0.283 e. The summed E-state index contributed by atoms with van der Waals surface area (Å²) in [5.74, 6) is -2.23. The molecular formula is C23H15ClFN3O3. The third-order valence-corrected chi connectivity index (χ3v) is 4.89. The van der Waals surface area contributed by atoms with E-state index in [2.05, 4.69) is 10.6 Å². The van der Waals surface area contributed by atoms with Gasteiger partial charge in [0.05, 0.1) is 5.69 Å². The predicted molar refractivity (Wildman–Crippen MR) is 116 cm³/mol. The fourth-order valence-corrected chi connectivity index (χ4v) is 3.26. The molecule has 0 atom stereocenters. The zero-order valence-electron chi connectivity index (χ0n) is 15.9. The van der Waals surface area contributed by atoms with Crippen molar-refractivity contribution in [1.29, 1.82) is 0 Å². The lowest BCUT2D eigenvalue weighted by Gasteiger charge is -2.15. The molecule has 0 aromatic heterocycles. The molecule has 0 radical (unpaired) electrons. The second-order valence-electron chi connectivity index (χ2n) is 6.64. The lowest BCUT2D eigenvalue weighted by Crippen LogP contribution is -2.32. The van der Waals surface area contributed by atoms with Crippen LogP contribution in [0.4, 0.5) is 21.5 Å². The van der Waals surface area contributed by atoms with Gasteiger partial charge in [0.2, 0.25) is 0 Å². The highest BCUT2D eigenvalue weighted by molar-refractivity contribution is 6.53. The first-order valence-electron chi connectivity index (χ1n) is 9.21. The topological polar surface area (TPSA) is 78.5 Å². The number of imide groups is 1. The van der Waals surface area contributed by atoms with E-state index in [0.29, 0.717) is 16.9 Å². The number of carbonyl (C=O) groups is 3. The zero-order valence-corrected chi connectivity index (χ0v) is 16.7.